The van der Waals surface area contributed by atoms with Crippen LogP contribution >= 0.6 is 7.82 Å². The predicted molar refractivity (Wildman–Crippen MR) is 78.2 cm³/mol. The number of rotatable bonds is 6. The molecule has 6 nitrogen and oxygen atoms in total. The maximum Gasteiger partial charge on any atom is 0.472 e. The summed E-state index contributed by atoms with van der Waals surface area (Å²) in [4.78, 5) is 9.81. The van der Waals surface area contributed by atoms with Gasteiger partial charge in [-0.3, -0.25) is 9.05 Å². The van der Waals surface area contributed by atoms with E-state index in [1.807, 2.05) is 13.8 Å². The molecule has 0 spiro atoms. The summed E-state index contributed by atoms with van der Waals surface area (Å²) >= 11 is 0. The lowest BCUT2D eigenvalue weighted by Crippen LogP contribution is -2.25. The van der Waals surface area contributed by atoms with Crippen LogP contribution < -0.4 is 0 Å². The zero-order valence-electron chi connectivity index (χ0n) is 12.4. The van der Waals surface area contributed by atoms with E-state index in [0.29, 0.717) is 19.3 Å². The molecule has 1 N–H and O–H groups in total. The van der Waals surface area contributed by atoms with Gasteiger partial charge in [-0.1, -0.05) is 13.8 Å². The zero-order valence-corrected chi connectivity index (χ0v) is 13.3. The van der Waals surface area contributed by atoms with Gasteiger partial charge in [-0.2, -0.15) is 0 Å². The molecule has 2 rings (SSSR count). The molecular formula is C12H21B2O6P. The molecule has 0 aliphatic carbocycles. The summed E-state index contributed by atoms with van der Waals surface area (Å²) in [6.07, 6.45) is 0.592. The monoisotopic (exact) mass is 314 g/mol. The predicted octanol–water partition coefficient (Wildman–Crippen LogP) is 1.10. The van der Waals surface area contributed by atoms with Crippen molar-refractivity contribution in [3.05, 3.63) is 0 Å². The fraction of sp³-hybridized carbons (Fsp3) is 1.00. The van der Waals surface area contributed by atoms with E-state index in [0.717, 1.165) is 0 Å². The summed E-state index contributed by atoms with van der Waals surface area (Å²) in [7, 11) is 7.16. The highest BCUT2D eigenvalue weighted by atomic mass is 31.2. The lowest BCUT2D eigenvalue weighted by molar-refractivity contribution is 0.00114. The van der Waals surface area contributed by atoms with Crippen molar-refractivity contribution in [2.75, 3.05) is 6.61 Å². The van der Waals surface area contributed by atoms with Gasteiger partial charge in [0.1, 0.15) is 15.7 Å². The van der Waals surface area contributed by atoms with E-state index in [1.54, 1.807) is 0 Å². The van der Waals surface area contributed by atoms with Gasteiger partial charge in [0.25, 0.3) is 0 Å². The van der Waals surface area contributed by atoms with Crippen LogP contribution in [0.2, 0.25) is 0 Å². The summed E-state index contributed by atoms with van der Waals surface area (Å²) in [5, 5.41) is 0. The second-order valence-electron chi connectivity index (χ2n) is 5.69. The molecule has 0 saturated carbocycles. The number of phosphoric acid groups is 1. The zero-order chi connectivity index (χ0) is 15.6. The molecule has 9 heteroatoms. The first-order chi connectivity index (χ1) is 9.80. The van der Waals surface area contributed by atoms with Gasteiger partial charge >= 0.3 is 7.82 Å². The fourth-order valence-corrected chi connectivity index (χ4v) is 3.68. The topological polar surface area (TPSA) is 74.2 Å². The van der Waals surface area contributed by atoms with Crippen LogP contribution in [-0.4, -0.2) is 57.5 Å². The van der Waals surface area contributed by atoms with Crippen molar-refractivity contribution in [1.29, 1.82) is 0 Å². The summed E-state index contributed by atoms with van der Waals surface area (Å²) in [6, 6.07) is -0.825. The molecule has 116 valence electrons. The van der Waals surface area contributed by atoms with E-state index in [1.165, 1.54) is 0 Å². The number of ether oxygens (including phenoxy) is 2. The Bertz CT molecular complexity index is 398. The van der Waals surface area contributed by atoms with Crippen LogP contribution in [0, 0.1) is 5.92 Å². The van der Waals surface area contributed by atoms with Gasteiger partial charge in [0.05, 0.1) is 24.9 Å². The third-order valence-electron chi connectivity index (χ3n) is 3.89. The number of hydrogen-bond donors (Lipinski definition) is 1. The molecule has 0 aromatic rings. The van der Waals surface area contributed by atoms with Crippen LogP contribution in [0.3, 0.4) is 0 Å². The van der Waals surface area contributed by atoms with Crippen molar-refractivity contribution in [1.82, 2.24) is 0 Å². The second-order valence-corrected chi connectivity index (χ2v) is 7.10. The second kappa shape index (κ2) is 7.16. The highest BCUT2D eigenvalue weighted by molar-refractivity contribution is 7.47. The Hall–Kier alpha value is 0.160. The van der Waals surface area contributed by atoms with Gasteiger partial charge in [-0.25, -0.2) is 4.57 Å². The molecular weight excluding hydrogens is 293 g/mol. The molecule has 2 aliphatic rings. The SMILES string of the molecule is [B]C1CC(C)C(COP(=O)(O)OC2CC([B])OC2CC)O1. The number of phosphoric ester groups is 1. The van der Waals surface area contributed by atoms with Crippen LogP contribution in [0.4, 0.5) is 0 Å². The van der Waals surface area contributed by atoms with Crippen molar-refractivity contribution in [3.8, 4) is 0 Å². The van der Waals surface area contributed by atoms with Gasteiger partial charge in [-0.05, 0) is 25.2 Å². The molecule has 0 amide bonds. The van der Waals surface area contributed by atoms with E-state index in [9.17, 15) is 9.46 Å². The normalized spacial score (nSPS) is 43.0. The van der Waals surface area contributed by atoms with Crippen LogP contribution in [0.5, 0.6) is 0 Å². The van der Waals surface area contributed by atoms with E-state index in [2.05, 4.69) is 0 Å². The lowest BCUT2D eigenvalue weighted by atomic mass is 9.92. The smallest absolute Gasteiger partial charge is 0.382 e. The van der Waals surface area contributed by atoms with Crippen molar-refractivity contribution in [3.63, 3.8) is 0 Å². The summed E-state index contributed by atoms with van der Waals surface area (Å²) < 4.78 is 33.1. The minimum absolute atomic E-state index is 0.0287. The molecule has 7 unspecified atom stereocenters. The Balaban J connectivity index is 1.83. The highest BCUT2D eigenvalue weighted by Gasteiger charge is 2.39. The Kier molecular flexibility index (Phi) is 5.97. The standard InChI is InChI=1S/C12H21B2O6P/c1-3-8-9(5-12(14)18-8)20-21(15,16)17-6-10-7(2)4-11(13)19-10/h7-12H,3-6H2,1-2H3,(H,15,16). The van der Waals surface area contributed by atoms with E-state index in [4.69, 9.17) is 34.2 Å². The Labute approximate surface area is 128 Å². The molecule has 7 atom stereocenters. The summed E-state index contributed by atoms with van der Waals surface area (Å²) in [5.41, 5.74) is 0. The van der Waals surface area contributed by atoms with Gasteiger partial charge in [0.2, 0.25) is 0 Å². The first kappa shape index (κ1) is 17.5. The molecule has 0 aromatic heterocycles. The highest BCUT2D eigenvalue weighted by Crippen LogP contribution is 2.48. The Morgan fingerprint density at radius 1 is 1.24 bits per heavy atom. The Morgan fingerprint density at radius 3 is 2.43 bits per heavy atom. The van der Waals surface area contributed by atoms with Crippen LogP contribution in [0.1, 0.15) is 33.1 Å². The van der Waals surface area contributed by atoms with E-state index in [-0.39, 0.29) is 30.7 Å². The molecule has 2 saturated heterocycles. The van der Waals surface area contributed by atoms with Crippen molar-refractivity contribution >= 4 is 23.5 Å². The molecule has 2 fully saturated rings. The van der Waals surface area contributed by atoms with Gasteiger partial charge in [0, 0.05) is 12.0 Å². The third kappa shape index (κ3) is 4.81. The molecule has 0 aromatic carbocycles. The average Bonchev–Trinajstić information content (AvgIpc) is 2.88. The van der Waals surface area contributed by atoms with Crippen LogP contribution in [0.25, 0.3) is 0 Å². The Morgan fingerprint density at radius 2 is 1.86 bits per heavy atom. The third-order valence-corrected chi connectivity index (χ3v) is 4.90. The average molecular weight is 314 g/mol. The molecule has 2 heterocycles. The van der Waals surface area contributed by atoms with Gasteiger partial charge in [-0.15, -0.1) is 0 Å². The van der Waals surface area contributed by atoms with Crippen LogP contribution in [-0.2, 0) is 23.1 Å². The first-order valence-corrected chi connectivity index (χ1v) is 8.78. The van der Waals surface area contributed by atoms with Crippen molar-refractivity contribution in [2.45, 2.75) is 63.4 Å². The maximum absolute atomic E-state index is 12.0. The van der Waals surface area contributed by atoms with E-state index < -0.39 is 19.9 Å². The summed E-state index contributed by atoms with van der Waals surface area (Å²) in [5.74, 6) is 0.173. The summed E-state index contributed by atoms with van der Waals surface area (Å²) in [6.45, 7) is 3.83. The van der Waals surface area contributed by atoms with Gasteiger partial charge < -0.3 is 14.4 Å². The largest absolute Gasteiger partial charge is 0.472 e. The van der Waals surface area contributed by atoms with Crippen molar-refractivity contribution < 1.29 is 28.0 Å². The quantitative estimate of drug-likeness (QED) is 0.585. The molecule has 0 bridgehead atoms. The molecule has 4 radical (unpaired) electrons. The number of hydrogen-bond acceptors (Lipinski definition) is 5. The molecule has 2 aliphatic heterocycles. The molecule has 21 heavy (non-hydrogen) atoms. The minimum Gasteiger partial charge on any atom is -0.382 e. The fourth-order valence-electron chi connectivity index (χ4n) is 2.72. The first-order valence-electron chi connectivity index (χ1n) is 7.28. The van der Waals surface area contributed by atoms with Crippen molar-refractivity contribution in [2.24, 2.45) is 5.92 Å². The van der Waals surface area contributed by atoms with E-state index >= 15 is 0 Å². The van der Waals surface area contributed by atoms with Crippen LogP contribution in [0.15, 0.2) is 0 Å². The minimum atomic E-state index is -4.17. The maximum atomic E-state index is 12.0. The lowest BCUT2D eigenvalue weighted by Gasteiger charge is -2.22. The van der Waals surface area contributed by atoms with Gasteiger partial charge in [0.15, 0.2) is 0 Å².